The largest absolute Gasteiger partial charge is 0.351 e. The first-order valence-electron chi connectivity index (χ1n) is 13.1. The highest BCUT2D eigenvalue weighted by Gasteiger charge is 2.42. The van der Waals surface area contributed by atoms with Crippen molar-refractivity contribution in [3.63, 3.8) is 0 Å². The van der Waals surface area contributed by atoms with Gasteiger partial charge < -0.3 is 10.2 Å². The number of nitrogens with zero attached hydrogens (tertiary/aromatic N) is 5. The molecule has 0 unspecified atom stereocenters. The van der Waals surface area contributed by atoms with Gasteiger partial charge in [0.2, 0.25) is 0 Å². The van der Waals surface area contributed by atoms with Crippen molar-refractivity contribution in [3.8, 4) is 5.13 Å². The minimum absolute atomic E-state index is 0.0776. The Kier molecular flexibility index (Phi) is 6.90. The lowest BCUT2D eigenvalue weighted by molar-refractivity contribution is -0.384. The van der Waals surface area contributed by atoms with Crippen molar-refractivity contribution < 1.29 is 4.92 Å². The molecule has 0 radical (unpaired) electrons. The van der Waals surface area contributed by atoms with Crippen molar-refractivity contribution in [1.82, 2.24) is 19.9 Å². The highest BCUT2D eigenvalue weighted by atomic mass is 32.2. The first-order chi connectivity index (χ1) is 20.5. The number of rotatable bonds is 7. The van der Waals surface area contributed by atoms with Crippen molar-refractivity contribution in [2.75, 3.05) is 4.90 Å². The molecule has 0 spiro atoms. The van der Waals surface area contributed by atoms with Gasteiger partial charge in [-0.1, -0.05) is 41.3 Å². The van der Waals surface area contributed by atoms with Crippen LogP contribution in [0.5, 0.6) is 0 Å². The Morgan fingerprint density at radius 3 is 2.36 bits per heavy atom. The molecular weight excluding hydrogens is 585 g/mol. The first kappa shape index (κ1) is 26.3. The minimum atomic E-state index is -0.391. The molecule has 1 aliphatic heterocycles. The van der Waals surface area contributed by atoms with Gasteiger partial charge in [-0.05, 0) is 85.0 Å². The van der Waals surface area contributed by atoms with Crippen molar-refractivity contribution in [1.29, 1.82) is 0 Å². The second kappa shape index (κ2) is 11.0. The summed E-state index contributed by atoms with van der Waals surface area (Å²) in [6, 6.07) is 32.6. The van der Waals surface area contributed by atoms with Crippen molar-refractivity contribution in [3.05, 3.63) is 137 Å². The summed E-state index contributed by atoms with van der Waals surface area (Å²) in [4.78, 5) is 24.3. The average molecular weight is 607 g/mol. The fourth-order valence-electron chi connectivity index (χ4n) is 5.15. The molecule has 4 heterocycles. The van der Waals surface area contributed by atoms with Gasteiger partial charge in [-0.25, -0.2) is 4.98 Å². The molecule has 8 nitrogen and oxygen atoms in total. The maximum Gasteiger partial charge on any atom is 0.269 e. The van der Waals surface area contributed by atoms with Crippen LogP contribution in [0.15, 0.2) is 125 Å². The standard InChI is InChI=1S/C31H22N6O2S3/c38-37(39)21-12-16-23(17-13-21)41-22-14-10-20(11-15-22)36-29(28(34-30(36)40)25-7-3-4-18-32-25)26-8-5-19-35(26)31-33-24-6-1-2-9-27(24)42-31/h1-19,28-29H,(H,34,40)/t28-,29-/m1/s1. The van der Waals surface area contributed by atoms with Crippen LogP contribution in [0.4, 0.5) is 11.4 Å². The van der Waals surface area contributed by atoms with Gasteiger partial charge in [0, 0.05) is 40.0 Å². The van der Waals surface area contributed by atoms with E-state index in [2.05, 4.69) is 44.0 Å². The fraction of sp³-hybridized carbons (Fsp3) is 0.0645. The molecular formula is C31H22N6O2S3. The van der Waals surface area contributed by atoms with Crippen LogP contribution in [0.2, 0.25) is 0 Å². The van der Waals surface area contributed by atoms with Crippen LogP contribution in [0, 0.1) is 10.1 Å². The lowest BCUT2D eigenvalue weighted by Gasteiger charge is -2.28. The van der Waals surface area contributed by atoms with Crippen LogP contribution in [0.3, 0.4) is 0 Å². The maximum absolute atomic E-state index is 11.0. The Morgan fingerprint density at radius 2 is 1.64 bits per heavy atom. The fourth-order valence-corrected chi connectivity index (χ4v) is 7.29. The van der Waals surface area contributed by atoms with Gasteiger partial charge in [0.05, 0.1) is 32.6 Å². The van der Waals surface area contributed by atoms with E-state index in [1.54, 1.807) is 41.4 Å². The van der Waals surface area contributed by atoms with Gasteiger partial charge in [-0.3, -0.25) is 19.7 Å². The number of benzene rings is 3. The number of aromatic nitrogens is 3. The number of nitro benzene ring substituents is 1. The number of pyridine rings is 1. The summed E-state index contributed by atoms with van der Waals surface area (Å²) in [5.74, 6) is 0. The van der Waals surface area contributed by atoms with Crippen molar-refractivity contribution >= 4 is 62.0 Å². The van der Waals surface area contributed by atoms with Gasteiger partial charge in [-0.2, -0.15) is 0 Å². The van der Waals surface area contributed by atoms with Crippen LogP contribution >= 0.6 is 35.3 Å². The van der Waals surface area contributed by atoms with E-state index in [0.29, 0.717) is 5.11 Å². The Morgan fingerprint density at radius 1 is 0.905 bits per heavy atom. The maximum atomic E-state index is 11.0. The molecule has 3 aromatic heterocycles. The molecule has 6 aromatic rings. The number of hydrogen-bond donors (Lipinski definition) is 1. The highest BCUT2D eigenvalue weighted by molar-refractivity contribution is 7.99. The highest BCUT2D eigenvalue weighted by Crippen LogP contribution is 2.43. The third kappa shape index (κ3) is 4.91. The summed E-state index contributed by atoms with van der Waals surface area (Å²) < 4.78 is 3.28. The van der Waals surface area contributed by atoms with Crippen molar-refractivity contribution in [2.24, 2.45) is 0 Å². The van der Waals surface area contributed by atoms with E-state index in [1.807, 2.05) is 60.8 Å². The number of fused-ring (bicyclic) bond motifs is 1. The zero-order valence-corrected chi connectivity index (χ0v) is 24.4. The van der Waals surface area contributed by atoms with E-state index in [4.69, 9.17) is 17.2 Å². The smallest absolute Gasteiger partial charge is 0.269 e. The molecule has 1 fully saturated rings. The summed E-state index contributed by atoms with van der Waals surface area (Å²) in [5, 5.41) is 16.0. The third-order valence-electron chi connectivity index (χ3n) is 7.07. The Hall–Kier alpha value is -4.58. The van der Waals surface area contributed by atoms with E-state index in [9.17, 15) is 10.1 Å². The summed E-state index contributed by atoms with van der Waals surface area (Å²) in [6.45, 7) is 0. The molecule has 7 rings (SSSR count). The van der Waals surface area contributed by atoms with E-state index in [-0.39, 0.29) is 17.8 Å². The molecule has 1 N–H and O–H groups in total. The SMILES string of the molecule is O=[N+]([O-])c1ccc(Sc2ccc(N3C(=S)N[C@H](c4ccccn4)[C@H]3c3cccn3-c3nc4ccccc4s3)cc2)cc1. The van der Waals surface area contributed by atoms with Gasteiger partial charge in [0.1, 0.15) is 6.04 Å². The van der Waals surface area contributed by atoms with Gasteiger partial charge in [0.25, 0.3) is 5.69 Å². The molecule has 3 aromatic carbocycles. The third-order valence-corrected chi connectivity index (χ3v) is 9.43. The van der Waals surface area contributed by atoms with Crippen molar-refractivity contribution in [2.45, 2.75) is 21.9 Å². The van der Waals surface area contributed by atoms with E-state index in [0.717, 1.165) is 42.2 Å². The van der Waals surface area contributed by atoms with E-state index >= 15 is 0 Å². The number of para-hydroxylation sites is 1. The number of hydrogen-bond acceptors (Lipinski definition) is 7. The molecule has 0 bridgehead atoms. The predicted octanol–water partition coefficient (Wildman–Crippen LogP) is 7.72. The van der Waals surface area contributed by atoms with Crippen LogP contribution in [0.1, 0.15) is 23.5 Å². The Balaban J connectivity index is 1.25. The van der Waals surface area contributed by atoms with Gasteiger partial charge >= 0.3 is 0 Å². The number of anilines is 1. The van der Waals surface area contributed by atoms with Crippen LogP contribution in [-0.2, 0) is 0 Å². The van der Waals surface area contributed by atoms with E-state index < -0.39 is 4.92 Å². The number of thiazole rings is 1. The summed E-state index contributed by atoms with van der Waals surface area (Å²) in [6.07, 6.45) is 3.85. The molecule has 1 saturated heterocycles. The average Bonchev–Trinajstić information content (AvgIpc) is 3.75. The zero-order chi connectivity index (χ0) is 28.6. The number of nitro groups is 1. The van der Waals surface area contributed by atoms with Gasteiger partial charge in [-0.15, -0.1) is 0 Å². The second-order valence-corrected chi connectivity index (χ2v) is 12.2. The topological polar surface area (TPSA) is 89.1 Å². The zero-order valence-electron chi connectivity index (χ0n) is 21.9. The quantitative estimate of drug-likeness (QED) is 0.112. The predicted molar refractivity (Wildman–Crippen MR) is 171 cm³/mol. The number of nitrogens with one attached hydrogen (secondary N) is 1. The van der Waals surface area contributed by atoms with E-state index in [1.165, 1.54) is 12.1 Å². The summed E-state index contributed by atoms with van der Waals surface area (Å²) >= 11 is 9.14. The molecule has 2 atom stereocenters. The number of thiocarbonyl (C=S) groups is 1. The monoisotopic (exact) mass is 606 g/mol. The lowest BCUT2D eigenvalue weighted by Crippen LogP contribution is -2.30. The molecule has 0 amide bonds. The Labute approximate surface area is 254 Å². The first-order valence-corrected chi connectivity index (χ1v) is 15.2. The lowest BCUT2D eigenvalue weighted by atomic mass is 10.0. The normalized spacial score (nSPS) is 16.6. The summed E-state index contributed by atoms with van der Waals surface area (Å²) in [5.41, 5.74) is 3.93. The number of non-ortho nitro benzene ring substituents is 1. The van der Waals surface area contributed by atoms with Crippen LogP contribution in [-0.4, -0.2) is 24.6 Å². The molecule has 11 heteroatoms. The molecule has 206 valence electrons. The molecule has 0 saturated carbocycles. The molecule has 42 heavy (non-hydrogen) atoms. The minimum Gasteiger partial charge on any atom is -0.351 e. The van der Waals surface area contributed by atoms with Gasteiger partial charge in [0.15, 0.2) is 10.2 Å². The summed E-state index contributed by atoms with van der Waals surface area (Å²) in [7, 11) is 0. The molecule has 0 aliphatic carbocycles. The second-order valence-electron chi connectivity index (χ2n) is 9.61. The van der Waals surface area contributed by atoms with Crippen LogP contribution in [0.25, 0.3) is 15.3 Å². The van der Waals surface area contributed by atoms with Crippen LogP contribution < -0.4 is 10.2 Å². The Bertz CT molecular complexity index is 1870. The molecule has 1 aliphatic rings.